The fourth-order valence-corrected chi connectivity index (χ4v) is 1.67. The number of carboxylic acid groups (broad SMARTS) is 1. The Morgan fingerprint density at radius 3 is 2.47 bits per heavy atom. The van der Waals surface area contributed by atoms with Gasteiger partial charge in [-0.05, 0) is 24.1 Å². The van der Waals surface area contributed by atoms with E-state index in [9.17, 15) is 9.90 Å². The van der Waals surface area contributed by atoms with Gasteiger partial charge in [-0.1, -0.05) is 23.7 Å². The SMILES string of the molecule is C#CCC[C@@H](C(=O)O)[C@H](O)c1ccc(Cl)cc1. The molecule has 2 N–H and O–H groups in total. The van der Waals surface area contributed by atoms with Crippen molar-refractivity contribution in [2.24, 2.45) is 5.92 Å². The molecule has 0 bridgehead atoms. The molecule has 17 heavy (non-hydrogen) atoms. The first-order chi connectivity index (χ1) is 8.06. The summed E-state index contributed by atoms with van der Waals surface area (Å²) >= 11 is 5.72. The molecule has 0 unspecified atom stereocenters. The zero-order valence-corrected chi connectivity index (χ0v) is 9.89. The van der Waals surface area contributed by atoms with E-state index in [1.807, 2.05) is 0 Å². The molecule has 0 radical (unpaired) electrons. The monoisotopic (exact) mass is 252 g/mol. The van der Waals surface area contributed by atoms with E-state index in [2.05, 4.69) is 5.92 Å². The summed E-state index contributed by atoms with van der Waals surface area (Å²) in [5.41, 5.74) is 0.527. The first-order valence-electron chi connectivity index (χ1n) is 5.16. The fraction of sp³-hybridized carbons (Fsp3) is 0.308. The average molecular weight is 253 g/mol. The van der Waals surface area contributed by atoms with E-state index in [0.29, 0.717) is 17.0 Å². The number of benzene rings is 1. The van der Waals surface area contributed by atoms with Crippen LogP contribution in [0.25, 0.3) is 0 Å². The third kappa shape index (κ3) is 3.77. The molecule has 1 aromatic carbocycles. The van der Waals surface area contributed by atoms with Gasteiger partial charge in [0, 0.05) is 11.4 Å². The largest absolute Gasteiger partial charge is 0.481 e. The minimum Gasteiger partial charge on any atom is -0.481 e. The van der Waals surface area contributed by atoms with E-state index in [1.165, 1.54) is 0 Å². The maximum Gasteiger partial charge on any atom is 0.309 e. The molecule has 90 valence electrons. The zero-order valence-electron chi connectivity index (χ0n) is 9.14. The molecule has 3 nitrogen and oxygen atoms in total. The van der Waals surface area contributed by atoms with Crippen LogP contribution in [0.4, 0.5) is 0 Å². The Hall–Kier alpha value is -1.50. The molecule has 0 saturated carbocycles. The normalized spacial score (nSPS) is 13.7. The summed E-state index contributed by atoms with van der Waals surface area (Å²) in [5, 5.41) is 19.5. The molecule has 0 amide bonds. The first-order valence-corrected chi connectivity index (χ1v) is 5.54. The van der Waals surface area contributed by atoms with Crippen molar-refractivity contribution in [1.82, 2.24) is 0 Å². The van der Waals surface area contributed by atoms with Gasteiger partial charge in [-0.3, -0.25) is 4.79 Å². The van der Waals surface area contributed by atoms with Gasteiger partial charge < -0.3 is 10.2 Å². The van der Waals surface area contributed by atoms with Crippen LogP contribution in [-0.4, -0.2) is 16.2 Å². The molecule has 0 aliphatic heterocycles. The summed E-state index contributed by atoms with van der Waals surface area (Å²) in [6.07, 6.45) is 4.59. The topological polar surface area (TPSA) is 57.5 Å². The standard InChI is InChI=1S/C13H13ClO3/c1-2-3-4-11(13(16)17)12(15)9-5-7-10(14)8-6-9/h1,5-8,11-12,15H,3-4H2,(H,16,17)/t11-,12-/m1/s1. The van der Waals surface area contributed by atoms with Crippen molar-refractivity contribution in [2.75, 3.05) is 0 Å². The number of aliphatic hydroxyl groups excluding tert-OH is 1. The van der Waals surface area contributed by atoms with Gasteiger partial charge in [-0.2, -0.15) is 0 Å². The number of hydrogen-bond acceptors (Lipinski definition) is 2. The number of terminal acetylenes is 1. The summed E-state index contributed by atoms with van der Waals surface area (Å²) in [6.45, 7) is 0. The van der Waals surface area contributed by atoms with E-state index in [4.69, 9.17) is 23.1 Å². The number of halogens is 1. The molecular formula is C13H13ClO3. The van der Waals surface area contributed by atoms with E-state index in [0.717, 1.165) is 0 Å². The summed E-state index contributed by atoms with van der Waals surface area (Å²) in [7, 11) is 0. The number of rotatable bonds is 5. The third-order valence-electron chi connectivity index (χ3n) is 2.51. The molecule has 0 spiro atoms. The van der Waals surface area contributed by atoms with Crippen LogP contribution < -0.4 is 0 Å². The second kappa shape index (κ2) is 6.29. The summed E-state index contributed by atoms with van der Waals surface area (Å²) in [6, 6.07) is 6.44. The molecular weight excluding hydrogens is 240 g/mol. The zero-order chi connectivity index (χ0) is 12.8. The van der Waals surface area contributed by atoms with Crippen LogP contribution in [0.2, 0.25) is 5.02 Å². The maximum atomic E-state index is 11.0. The number of aliphatic hydroxyl groups is 1. The molecule has 0 aliphatic carbocycles. The van der Waals surface area contributed by atoms with Crippen molar-refractivity contribution in [3.05, 3.63) is 34.9 Å². The van der Waals surface area contributed by atoms with Gasteiger partial charge in [-0.25, -0.2) is 0 Å². The molecule has 0 aromatic heterocycles. The van der Waals surface area contributed by atoms with Crippen LogP contribution in [0.15, 0.2) is 24.3 Å². The highest BCUT2D eigenvalue weighted by Crippen LogP contribution is 2.26. The van der Waals surface area contributed by atoms with Crippen molar-refractivity contribution >= 4 is 17.6 Å². The Balaban J connectivity index is 2.84. The Kier molecular flexibility index (Phi) is 5.02. The second-order valence-corrected chi connectivity index (χ2v) is 4.12. The van der Waals surface area contributed by atoms with Crippen LogP contribution in [0, 0.1) is 18.3 Å². The lowest BCUT2D eigenvalue weighted by Gasteiger charge is -2.18. The quantitative estimate of drug-likeness (QED) is 0.792. The Labute approximate surface area is 105 Å². The van der Waals surface area contributed by atoms with Crippen LogP contribution >= 0.6 is 11.6 Å². The lowest BCUT2D eigenvalue weighted by atomic mass is 9.92. The predicted molar refractivity (Wildman–Crippen MR) is 65.6 cm³/mol. The minimum atomic E-state index is -1.07. The van der Waals surface area contributed by atoms with Crippen molar-refractivity contribution in [3.8, 4) is 12.3 Å². The van der Waals surface area contributed by atoms with Gasteiger partial charge in [0.15, 0.2) is 0 Å². The third-order valence-corrected chi connectivity index (χ3v) is 2.76. The lowest BCUT2D eigenvalue weighted by Crippen LogP contribution is -2.21. The van der Waals surface area contributed by atoms with Crippen LogP contribution in [0.1, 0.15) is 24.5 Å². The van der Waals surface area contributed by atoms with Crippen molar-refractivity contribution in [2.45, 2.75) is 18.9 Å². The Morgan fingerprint density at radius 2 is 2.00 bits per heavy atom. The molecule has 2 atom stereocenters. The van der Waals surface area contributed by atoms with Crippen LogP contribution in [0.5, 0.6) is 0 Å². The highest BCUT2D eigenvalue weighted by Gasteiger charge is 2.26. The number of carbonyl (C=O) groups is 1. The molecule has 1 rings (SSSR count). The Morgan fingerprint density at radius 1 is 1.41 bits per heavy atom. The highest BCUT2D eigenvalue weighted by molar-refractivity contribution is 6.30. The second-order valence-electron chi connectivity index (χ2n) is 3.68. The Bertz CT molecular complexity index is 419. The number of carboxylic acids is 1. The number of aliphatic carboxylic acids is 1. The smallest absolute Gasteiger partial charge is 0.309 e. The van der Waals surface area contributed by atoms with Crippen molar-refractivity contribution < 1.29 is 15.0 Å². The van der Waals surface area contributed by atoms with Crippen LogP contribution in [0.3, 0.4) is 0 Å². The van der Waals surface area contributed by atoms with Gasteiger partial charge in [-0.15, -0.1) is 12.3 Å². The van der Waals surface area contributed by atoms with Gasteiger partial charge in [0.05, 0.1) is 12.0 Å². The first kappa shape index (κ1) is 13.6. The van der Waals surface area contributed by atoms with Crippen LogP contribution in [-0.2, 0) is 4.79 Å². The van der Waals surface area contributed by atoms with E-state index >= 15 is 0 Å². The fourth-order valence-electron chi connectivity index (χ4n) is 1.55. The van der Waals surface area contributed by atoms with E-state index in [1.54, 1.807) is 24.3 Å². The molecule has 0 aliphatic rings. The molecule has 0 fully saturated rings. The minimum absolute atomic E-state index is 0.246. The summed E-state index contributed by atoms with van der Waals surface area (Å²) < 4.78 is 0. The average Bonchev–Trinajstić information content (AvgIpc) is 2.29. The predicted octanol–water partition coefficient (Wildman–Crippen LogP) is 2.49. The molecule has 4 heteroatoms. The van der Waals surface area contributed by atoms with Crippen molar-refractivity contribution in [3.63, 3.8) is 0 Å². The van der Waals surface area contributed by atoms with Gasteiger partial charge in [0.25, 0.3) is 0 Å². The molecule has 1 aromatic rings. The molecule has 0 heterocycles. The highest BCUT2D eigenvalue weighted by atomic mass is 35.5. The number of hydrogen-bond donors (Lipinski definition) is 2. The van der Waals surface area contributed by atoms with E-state index < -0.39 is 18.0 Å². The maximum absolute atomic E-state index is 11.0. The summed E-state index contributed by atoms with van der Waals surface area (Å²) in [4.78, 5) is 11.0. The van der Waals surface area contributed by atoms with Crippen molar-refractivity contribution in [1.29, 1.82) is 0 Å². The molecule has 0 saturated heterocycles. The van der Waals surface area contributed by atoms with Gasteiger partial charge >= 0.3 is 5.97 Å². The lowest BCUT2D eigenvalue weighted by molar-refractivity contribution is -0.146. The van der Waals surface area contributed by atoms with E-state index in [-0.39, 0.29) is 6.42 Å². The van der Waals surface area contributed by atoms with Gasteiger partial charge in [0.1, 0.15) is 0 Å². The van der Waals surface area contributed by atoms with Gasteiger partial charge in [0.2, 0.25) is 0 Å². The summed E-state index contributed by atoms with van der Waals surface area (Å²) in [5.74, 6) is 0.424.